The Morgan fingerprint density at radius 1 is 1.50 bits per heavy atom. The molecule has 2 heterocycles. The summed E-state index contributed by atoms with van der Waals surface area (Å²) in [6.45, 7) is 3.18. The van der Waals surface area contributed by atoms with Gasteiger partial charge in [0.25, 0.3) is 5.91 Å². The minimum Gasteiger partial charge on any atom is -0.496 e. The number of amides is 1. The van der Waals surface area contributed by atoms with Crippen molar-refractivity contribution in [3.8, 4) is 5.75 Å². The van der Waals surface area contributed by atoms with Crippen LogP contribution < -0.4 is 4.74 Å². The Bertz CT molecular complexity index is 428. The van der Waals surface area contributed by atoms with E-state index in [1.165, 1.54) is 11.3 Å². The lowest BCUT2D eigenvalue weighted by Gasteiger charge is -2.22. The number of hydrogen-bond donors (Lipinski definition) is 1. The van der Waals surface area contributed by atoms with Gasteiger partial charge in [-0.1, -0.05) is 0 Å². The monoisotopic (exact) mass is 269 g/mol. The maximum absolute atomic E-state index is 12.3. The van der Waals surface area contributed by atoms with E-state index in [0.717, 1.165) is 25.1 Å². The number of nitrogens with zero attached hydrogens (tertiary/aromatic N) is 1. The van der Waals surface area contributed by atoms with Crippen LogP contribution in [0.15, 0.2) is 11.4 Å². The van der Waals surface area contributed by atoms with Gasteiger partial charge in [-0.15, -0.1) is 11.3 Å². The average Bonchev–Trinajstić information content (AvgIpc) is 2.74. The van der Waals surface area contributed by atoms with Gasteiger partial charge >= 0.3 is 0 Å². The lowest BCUT2D eigenvalue weighted by molar-refractivity contribution is 0.0438. The maximum Gasteiger partial charge on any atom is 0.264 e. The van der Waals surface area contributed by atoms with E-state index in [4.69, 9.17) is 4.74 Å². The quantitative estimate of drug-likeness (QED) is 0.895. The molecule has 2 rings (SSSR count). The summed E-state index contributed by atoms with van der Waals surface area (Å²) in [5.74, 6) is 0.770. The zero-order valence-electron chi connectivity index (χ0n) is 10.8. The fourth-order valence-electron chi connectivity index (χ4n) is 2.16. The summed E-state index contributed by atoms with van der Waals surface area (Å²) in [5, 5.41) is 11.8. The van der Waals surface area contributed by atoms with Crippen LogP contribution in [0.25, 0.3) is 0 Å². The second-order valence-corrected chi connectivity index (χ2v) is 5.90. The summed E-state index contributed by atoms with van der Waals surface area (Å²) < 4.78 is 5.09. The summed E-state index contributed by atoms with van der Waals surface area (Å²) in [6, 6.07) is 1.77. The maximum atomic E-state index is 12.3. The van der Waals surface area contributed by atoms with Crippen LogP contribution in [0.3, 0.4) is 0 Å². The van der Waals surface area contributed by atoms with Crippen molar-refractivity contribution in [3.63, 3.8) is 0 Å². The van der Waals surface area contributed by atoms with Crippen LogP contribution in [0.2, 0.25) is 0 Å². The van der Waals surface area contributed by atoms with Crippen LogP contribution in [-0.4, -0.2) is 41.7 Å². The number of likely N-dealkylation sites (tertiary alicyclic amines) is 1. The van der Waals surface area contributed by atoms with Gasteiger partial charge in [0.05, 0.1) is 17.6 Å². The third-order valence-corrected chi connectivity index (χ3v) is 4.27. The highest BCUT2D eigenvalue weighted by Crippen LogP contribution is 2.26. The molecule has 0 bridgehead atoms. The van der Waals surface area contributed by atoms with Crippen molar-refractivity contribution in [1.82, 2.24) is 4.90 Å². The Morgan fingerprint density at radius 2 is 2.28 bits per heavy atom. The van der Waals surface area contributed by atoms with Crippen LogP contribution >= 0.6 is 11.3 Å². The Morgan fingerprint density at radius 3 is 2.94 bits per heavy atom. The first-order valence-electron chi connectivity index (χ1n) is 6.16. The number of carbonyl (C=O) groups is 1. The van der Waals surface area contributed by atoms with Crippen LogP contribution in [0.4, 0.5) is 0 Å². The Labute approximate surface area is 111 Å². The largest absolute Gasteiger partial charge is 0.496 e. The summed E-state index contributed by atoms with van der Waals surface area (Å²) in [6.07, 6.45) is 2.24. The molecular weight excluding hydrogens is 250 g/mol. The molecule has 1 aliphatic rings. The third-order valence-electron chi connectivity index (χ3n) is 3.37. The van der Waals surface area contributed by atoms with E-state index in [1.54, 1.807) is 13.2 Å². The molecule has 5 heteroatoms. The molecule has 1 aliphatic heterocycles. The highest BCUT2D eigenvalue weighted by molar-refractivity contribution is 7.12. The van der Waals surface area contributed by atoms with Crippen molar-refractivity contribution in [2.24, 2.45) is 0 Å². The molecule has 4 nitrogen and oxygen atoms in total. The number of carbonyl (C=O) groups excluding carboxylic acids is 1. The summed E-state index contributed by atoms with van der Waals surface area (Å²) >= 11 is 1.40. The number of rotatable bonds is 2. The third kappa shape index (κ3) is 3.03. The van der Waals surface area contributed by atoms with E-state index in [2.05, 4.69) is 0 Å². The second-order valence-electron chi connectivity index (χ2n) is 4.99. The first-order valence-corrected chi connectivity index (χ1v) is 7.04. The van der Waals surface area contributed by atoms with Crippen LogP contribution in [0.1, 0.15) is 35.9 Å². The van der Waals surface area contributed by atoms with Crippen molar-refractivity contribution in [2.45, 2.75) is 31.8 Å². The van der Waals surface area contributed by atoms with Crippen LogP contribution in [-0.2, 0) is 0 Å². The van der Waals surface area contributed by atoms with E-state index < -0.39 is 5.60 Å². The van der Waals surface area contributed by atoms with Crippen LogP contribution in [0.5, 0.6) is 5.75 Å². The molecule has 0 aromatic carbocycles. The summed E-state index contributed by atoms with van der Waals surface area (Å²) in [5.41, 5.74) is -0.637. The Kier molecular flexibility index (Phi) is 3.92. The topological polar surface area (TPSA) is 49.8 Å². The normalized spacial score (nSPS) is 24.7. The molecule has 1 aromatic heterocycles. The van der Waals surface area contributed by atoms with Crippen molar-refractivity contribution >= 4 is 17.2 Å². The second kappa shape index (κ2) is 5.28. The number of thiophene rings is 1. The van der Waals surface area contributed by atoms with E-state index in [1.807, 2.05) is 17.2 Å². The fraction of sp³-hybridized carbons (Fsp3) is 0.615. The molecule has 18 heavy (non-hydrogen) atoms. The van der Waals surface area contributed by atoms with Gasteiger partial charge in [-0.05, 0) is 26.2 Å². The van der Waals surface area contributed by atoms with E-state index in [0.29, 0.717) is 17.8 Å². The molecule has 0 aliphatic carbocycles. The van der Waals surface area contributed by atoms with Crippen molar-refractivity contribution in [3.05, 3.63) is 16.3 Å². The number of ether oxygens (including phenoxy) is 1. The van der Waals surface area contributed by atoms with Gasteiger partial charge in [0.2, 0.25) is 0 Å². The van der Waals surface area contributed by atoms with Gasteiger partial charge < -0.3 is 14.7 Å². The van der Waals surface area contributed by atoms with E-state index >= 15 is 0 Å². The lowest BCUT2D eigenvalue weighted by atomic mass is 9.98. The first-order chi connectivity index (χ1) is 8.52. The van der Waals surface area contributed by atoms with Gasteiger partial charge in [0.15, 0.2) is 0 Å². The van der Waals surface area contributed by atoms with Gasteiger partial charge in [-0.25, -0.2) is 0 Å². The number of aliphatic hydroxyl groups is 1. The molecule has 1 atom stereocenters. The average molecular weight is 269 g/mol. The van der Waals surface area contributed by atoms with Crippen molar-refractivity contribution < 1.29 is 14.6 Å². The number of methoxy groups -OCH3 is 1. The molecule has 1 aromatic rings. The fourth-order valence-corrected chi connectivity index (χ4v) is 2.98. The minimum absolute atomic E-state index is 0.0426. The predicted molar refractivity (Wildman–Crippen MR) is 71.2 cm³/mol. The SMILES string of the molecule is COc1csc(C(=O)N2CCCC(C)(O)CC2)c1. The summed E-state index contributed by atoms with van der Waals surface area (Å²) in [7, 11) is 1.60. The van der Waals surface area contributed by atoms with Gasteiger partial charge in [-0.2, -0.15) is 0 Å². The Hall–Kier alpha value is -1.07. The van der Waals surface area contributed by atoms with Crippen molar-refractivity contribution in [1.29, 1.82) is 0 Å². The molecule has 1 saturated heterocycles. The van der Waals surface area contributed by atoms with Crippen molar-refractivity contribution in [2.75, 3.05) is 20.2 Å². The molecule has 0 spiro atoms. The minimum atomic E-state index is -0.637. The highest BCUT2D eigenvalue weighted by Gasteiger charge is 2.27. The molecule has 1 unspecified atom stereocenters. The standard InChI is InChI=1S/C13H19NO3S/c1-13(16)4-3-6-14(7-5-13)12(15)11-8-10(17-2)9-18-11/h8-9,16H,3-7H2,1-2H3. The molecule has 1 amide bonds. The predicted octanol–water partition coefficient (Wildman–Crippen LogP) is 2.13. The lowest BCUT2D eigenvalue weighted by Crippen LogP contribution is -2.33. The molecule has 0 saturated carbocycles. The molecular formula is C13H19NO3S. The first kappa shape index (κ1) is 13.4. The highest BCUT2D eigenvalue weighted by atomic mass is 32.1. The molecule has 1 N–H and O–H groups in total. The van der Waals surface area contributed by atoms with Gasteiger partial charge in [0.1, 0.15) is 5.75 Å². The van der Waals surface area contributed by atoms with Gasteiger partial charge in [-0.3, -0.25) is 4.79 Å². The van der Waals surface area contributed by atoms with Crippen LogP contribution in [0, 0.1) is 0 Å². The molecule has 1 fully saturated rings. The zero-order valence-corrected chi connectivity index (χ0v) is 11.6. The smallest absolute Gasteiger partial charge is 0.264 e. The Balaban J connectivity index is 2.05. The molecule has 0 radical (unpaired) electrons. The van der Waals surface area contributed by atoms with E-state index in [9.17, 15) is 9.90 Å². The number of hydrogen-bond acceptors (Lipinski definition) is 4. The summed E-state index contributed by atoms with van der Waals surface area (Å²) in [4.78, 5) is 14.8. The van der Waals surface area contributed by atoms with E-state index in [-0.39, 0.29) is 5.91 Å². The van der Waals surface area contributed by atoms with Gasteiger partial charge in [0, 0.05) is 24.5 Å². The molecule has 100 valence electrons. The zero-order chi connectivity index (χ0) is 13.2.